The van der Waals surface area contributed by atoms with Crippen molar-refractivity contribution in [2.75, 3.05) is 5.32 Å². The molecule has 5 rings (SSSR count). The average molecular weight is 567 g/mol. The van der Waals surface area contributed by atoms with E-state index in [2.05, 4.69) is 15.6 Å². The van der Waals surface area contributed by atoms with Crippen molar-refractivity contribution in [2.45, 2.75) is 0 Å². The van der Waals surface area contributed by atoms with E-state index in [9.17, 15) is 4.79 Å². The largest absolute Gasteiger partial charge is 0.436 e. The van der Waals surface area contributed by atoms with Crippen molar-refractivity contribution in [3.05, 3.63) is 79.6 Å². The molecule has 34 heavy (non-hydrogen) atoms. The lowest BCUT2D eigenvalue weighted by molar-refractivity contribution is 0.0982. The fraction of sp³-hybridized carbons (Fsp3) is 0. The standard InChI is InChI=1S/C23H11Cl4N3O2S2/c24-10-2-6-17-16(7-10)29-22(32-17)14-9-12(3-5-15(14)26)28-23(33)30-21(31)20-19(27)13-4-1-11(25)8-18(13)34-20/h1-9H,(H2,28,30,31,33). The highest BCUT2D eigenvalue weighted by Gasteiger charge is 2.19. The molecule has 3 aromatic carbocycles. The first-order valence-corrected chi connectivity index (χ1v) is 12.4. The Morgan fingerprint density at radius 1 is 0.971 bits per heavy atom. The van der Waals surface area contributed by atoms with Gasteiger partial charge in [-0.05, 0) is 60.7 Å². The number of thiocarbonyl (C=S) groups is 1. The van der Waals surface area contributed by atoms with Crippen molar-refractivity contribution in [1.29, 1.82) is 0 Å². The normalized spacial score (nSPS) is 11.2. The molecule has 2 aromatic heterocycles. The van der Waals surface area contributed by atoms with Gasteiger partial charge in [0.1, 0.15) is 10.4 Å². The van der Waals surface area contributed by atoms with Crippen LogP contribution < -0.4 is 10.6 Å². The second kappa shape index (κ2) is 9.34. The van der Waals surface area contributed by atoms with Gasteiger partial charge in [-0.2, -0.15) is 0 Å². The molecule has 0 fully saturated rings. The molecule has 0 aliphatic carbocycles. The van der Waals surface area contributed by atoms with Crippen LogP contribution in [0.5, 0.6) is 0 Å². The third-order valence-electron chi connectivity index (χ3n) is 4.83. The molecule has 0 spiro atoms. The van der Waals surface area contributed by atoms with Crippen molar-refractivity contribution in [2.24, 2.45) is 0 Å². The molecule has 0 saturated carbocycles. The number of nitrogens with zero attached hydrogens (tertiary/aromatic N) is 1. The van der Waals surface area contributed by atoms with Gasteiger partial charge in [0, 0.05) is 25.8 Å². The lowest BCUT2D eigenvalue weighted by Crippen LogP contribution is -2.33. The van der Waals surface area contributed by atoms with Crippen molar-refractivity contribution >= 4 is 108 Å². The Morgan fingerprint density at radius 2 is 1.74 bits per heavy atom. The predicted molar refractivity (Wildman–Crippen MR) is 145 cm³/mol. The van der Waals surface area contributed by atoms with Crippen molar-refractivity contribution in [3.8, 4) is 11.5 Å². The van der Waals surface area contributed by atoms with Crippen molar-refractivity contribution < 1.29 is 9.21 Å². The minimum atomic E-state index is -0.426. The molecule has 0 atom stereocenters. The minimum absolute atomic E-state index is 0.0918. The molecule has 0 bridgehead atoms. The van der Waals surface area contributed by atoms with Crippen molar-refractivity contribution in [1.82, 2.24) is 10.3 Å². The highest BCUT2D eigenvalue weighted by Crippen LogP contribution is 2.37. The van der Waals surface area contributed by atoms with Crippen LogP contribution in [0.15, 0.2) is 59.0 Å². The summed E-state index contributed by atoms with van der Waals surface area (Å²) in [6, 6.07) is 15.5. The topological polar surface area (TPSA) is 67.2 Å². The number of carbonyl (C=O) groups excluding carboxylic acids is 1. The average Bonchev–Trinajstić information content (AvgIpc) is 3.35. The number of aromatic nitrogens is 1. The lowest BCUT2D eigenvalue weighted by atomic mass is 10.2. The summed E-state index contributed by atoms with van der Waals surface area (Å²) in [7, 11) is 0. The fourth-order valence-electron chi connectivity index (χ4n) is 3.29. The fourth-order valence-corrected chi connectivity index (χ4v) is 5.55. The number of benzene rings is 3. The van der Waals surface area contributed by atoms with E-state index in [1.807, 2.05) is 0 Å². The number of hydrogen-bond donors (Lipinski definition) is 2. The van der Waals surface area contributed by atoms with Gasteiger partial charge in [0.2, 0.25) is 5.89 Å². The molecular weight excluding hydrogens is 556 g/mol. The van der Waals surface area contributed by atoms with Crippen LogP contribution in [0.4, 0.5) is 5.69 Å². The van der Waals surface area contributed by atoms with Gasteiger partial charge < -0.3 is 9.73 Å². The number of anilines is 1. The van der Waals surface area contributed by atoms with Crippen LogP contribution in [-0.2, 0) is 0 Å². The van der Waals surface area contributed by atoms with Gasteiger partial charge in [-0.15, -0.1) is 11.3 Å². The number of halogens is 4. The zero-order chi connectivity index (χ0) is 24.0. The number of oxazole rings is 1. The summed E-state index contributed by atoms with van der Waals surface area (Å²) in [6.45, 7) is 0. The molecule has 0 radical (unpaired) electrons. The zero-order valence-electron chi connectivity index (χ0n) is 16.8. The first-order valence-electron chi connectivity index (χ1n) is 9.64. The maximum absolute atomic E-state index is 12.8. The van der Waals surface area contributed by atoms with E-state index in [0.717, 1.165) is 10.1 Å². The van der Waals surface area contributed by atoms with Crippen LogP contribution in [0.1, 0.15) is 9.67 Å². The number of carbonyl (C=O) groups is 1. The zero-order valence-corrected chi connectivity index (χ0v) is 21.4. The third kappa shape index (κ3) is 4.60. The predicted octanol–water partition coefficient (Wildman–Crippen LogP) is 8.45. The van der Waals surface area contributed by atoms with E-state index in [1.165, 1.54) is 11.3 Å². The number of amides is 1. The molecule has 2 heterocycles. The molecule has 0 saturated heterocycles. The molecular formula is C23H11Cl4N3O2S2. The van der Waals surface area contributed by atoms with Gasteiger partial charge >= 0.3 is 0 Å². The smallest absolute Gasteiger partial charge is 0.269 e. The Bertz CT molecular complexity index is 1610. The Labute approximate surface area is 222 Å². The van der Waals surface area contributed by atoms with Gasteiger partial charge in [-0.3, -0.25) is 10.1 Å². The van der Waals surface area contributed by atoms with E-state index in [1.54, 1.807) is 54.6 Å². The van der Waals surface area contributed by atoms with Crippen molar-refractivity contribution in [3.63, 3.8) is 0 Å². The summed E-state index contributed by atoms with van der Waals surface area (Å²) in [5.74, 6) is -0.0959. The van der Waals surface area contributed by atoms with Gasteiger partial charge in [0.15, 0.2) is 10.7 Å². The second-order valence-electron chi connectivity index (χ2n) is 7.12. The molecule has 2 N–H and O–H groups in total. The van der Waals surface area contributed by atoms with Crippen LogP contribution in [0.25, 0.3) is 32.6 Å². The van der Waals surface area contributed by atoms with E-state index in [-0.39, 0.29) is 5.11 Å². The van der Waals surface area contributed by atoms with Gasteiger partial charge in [0.25, 0.3) is 5.91 Å². The summed E-state index contributed by atoms with van der Waals surface area (Å²) >= 11 is 31.4. The second-order valence-corrected chi connectivity index (χ2v) is 10.2. The number of thiophene rings is 1. The number of nitrogens with one attached hydrogen (secondary N) is 2. The summed E-state index contributed by atoms with van der Waals surface area (Å²) in [5, 5.41) is 8.38. The van der Waals surface area contributed by atoms with Gasteiger partial charge in [-0.25, -0.2) is 4.98 Å². The molecule has 170 valence electrons. The van der Waals surface area contributed by atoms with Crippen LogP contribution in [0, 0.1) is 0 Å². The molecule has 0 aliphatic heterocycles. The molecule has 0 aliphatic rings. The van der Waals surface area contributed by atoms with Crippen LogP contribution in [-0.4, -0.2) is 16.0 Å². The minimum Gasteiger partial charge on any atom is -0.436 e. The maximum Gasteiger partial charge on any atom is 0.269 e. The highest BCUT2D eigenvalue weighted by atomic mass is 35.5. The molecule has 0 unspecified atom stereocenters. The van der Waals surface area contributed by atoms with Crippen LogP contribution >= 0.6 is 70.0 Å². The molecule has 1 amide bonds. The maximum atomic E-state index is 12.8. The first kappa shape index (κ1) is 23.4. The number of rotatable bonds is 3. The molecule has 5 nitrogen and oxygen atoms in total. The summed E-state index contributed by atoms with van der Waals surface area (Å²) in [4.78, 5) is 17.6. The van der Waals surface area contributed by atoms with Crippen LogP contribution in [0.2, 0.25) is 20.1 Å². The Morgan fingerprint density at radius 3 is 2.56 bits per heavy atom. The monoisotopic (exact) mass is 565 g/mol. The van der Waals surface area contributed by atoms with E-state index < -0.39 is 5.91 Å². The van der Waals surface area contributed by atoms with Gasteiger partial charge in [0.05, 0.1) is 15.6 Å². The molecule has 11 heteroatoms. The van der Waals surface area contributed by atoms with E-state index in [4.69, 9.17) is 63.0 Å². The van der Waals surface area contributed by atoms with Crippen LogP contribution in [0.3, 0.4) is 0 Å². The number of fused-ring (bicyclic) bond motifs is 2. The SMILES string of the molecule is O=C(NC(=S)Nc1ccc(Cl)c(-c2nc3cc(Cl)ccc3o2)c1)c1sc2cc(Cl)ccc2c1Cl. The van der Waals surface area contributed by atoms with E-state index in [0.29, 0.717) is 53.2 Å². The Kier molecular flexibility index (Phi) is 6.41. The summed E-state index contributed by atoms with van der Waals surface area (Å²) in [6.07, 6.45) is 0. The summed E-state index contributed by atoms with van der Waals surface area (Å²) in [5.41, 5.74) is 2.33. The number of hydrogen-bond acceptors (Lipinski definition) is 5. The third-order valence-corrected chi connectivity index (χ3v) is 7.49. The Balaban J connectivity index is 1.36. The first-order chi connectivity index (χ1) is 16.3. The Hall–Kier alpha value is -2.39. The molecule has 5 aromatic rings. The lowest BCUT2D eigenvalue weighted by Gasteiger charge is -2.10. The van der Waals surface area contributed by atoms with E-state index >= 15 is 0 Å². The van der Waals surface area contributed by atoms with Gasteiger partial charge in [-0.1, -0.05) is 52.5 Å². The quantitative estimate of drug-likeness (QED) is 0.214. The summed E-state index contributed by atoms with van der Waals surface area (Å²) < 4.78 is 6.62. The highest BCUT2D eigenvalue weighted by molar-refractivity contribution is 7.80.